The van der Waals surface area contributed by atoms with Crippen LogP contribution in [0.5, 0.6) is 5.75 Å². The molecule has 2 saturated heterocycles. The molecule has 10 heteroatoms. The molecule has 1 atom stereocenters. The summed E-state index contributed by atoms with van der Waals surface area (Å²) in [5, 5.41) is 14.5. The summed E-state index contributed by atoms with van der Waals surface area (Å²) in [6.07, 6.45) is 7.88. The number of pyridine rings is 2. The van der Waals surface area contributed by atoms with Gasteiger partial charge in [0.25, 0.3) is 0 Å². The number of anilines is 2. The van der Waals surface area contributed by atoms with E-state index in [0.29, 0.717) is 29.7 Å². The molecule has 1 unspecified atom stereocenters. The van der Waals surface area contributed by atoms with Crippen LogP contribution in [0.15, 0.2) is 60.9 Å². The number of fused-ring (bicyclic) bond motifs is 1. The Labute approximate surface area is 275 Å². The van der Waals surface area contributed by atoms with Crippen molar-refractivity contribution in [2.75, 3.05) is 51.3 Å². The van der Waals surface area contributed by atoms with Crippen molar-refractivity contribution in [3.63, 3.8) is 0 Å². The van der Waals surface area contributed by atoms with E-state index in [1.54, 1.807) is 6.20 Å². The number of nitrogens with zero attached hydrogens (tertiary/aromatic N) is 4. The maximum atomic E-state index is 11.4. The van der Waals surface area contributed by atoms with Crippen LogP contribution in [0, 0.1) is 6.92 Å². The smallest absolute Gasteiger partial charge is 0.304 e. The molecule has 242 valence electrons. The molecule has 0 spiro atoms. The molecule has 0 bridgehead atoms. The molecule has 4 heterocycles. The zero-order valence-electron chi connectivity index (χ0n) is 26.4. The Hall–Kier alpha value is -3.76. The minimum absolute atomic E-state index is 0.0653. The highest BCUT2D eigenvalue weighted by atomic mass is 35.5. The van der Waals surface area contributed by atoms with Gasteiger partial charge in [-0.2, -0.15) is 0 Å². The van der Waals surface area contributed by atoms with Crippen LogP contribution in [0.3, 0.4) is 0 Å². The number of carbonyl (C=O) groups is 1. The lowest BCUT2D eigenvalue weighted by atomic mass is 9.98. The van der Waals surface area contributed by atoms with E-state index in [9.17, 15) is 9.90 Å². The van der Waals surface area contributed by atoms with Crippen molar-refractivity contribution >= 4 is 40.0 Å². The van der Waals surface area contributed by atoms with Crippen LogP contribution >= 0.6 is 11.6 Å². The molecule has 9 nitrogen and oxygen atoms in total. The van der Waals surface area contributed by atoms with Gasteiger partial charge < -0.3 is 19.9 Å². The van der Waals surface area contributed by atoms with Crippen molar-refractivity contribution in [2.24, 2.45) is 0 Å². The van der Waals surface area contributed by atoms with Gasteiger partial charge in [-0.15, -0.1) is 0 Å². The summed E-state index contributed by atoms with van der Waals surface area (Å²) < 4.78 is 11.6. The molecule has 6 rings (SSSR count). The highest BCUT2D eigenvalue weighted by molar-refractivity contribution is 6.32. The van der Waals surface area contributed by atoms with E-state index in [0.717, 1.165) is 104 Å². The third kappa shape index (κ3) is 7.96. The zero-order chi connectivity index (χ0) is 31.9. The van der Waals surface area contributed by atoms with Gasteiger partial charge in [0.2, 0.25) is 0 Å². The van der Waals surface area contributed by atoms with Gasteiger partial charge in [-0.1, -0.05) is 36.2 Å². The second-order valence-corrected chi connectivity index (χ2v) is 12.6. The van der Waals surface area contributed by atoms with Crippen LogP contribution in [0.1, 0.15) is 43.2 Å². The quantitative estimate of drug-likeness (QED) is 0.159. The second kappa shape index (κ2) is 15.2. The minimum atomic E-state index is -0.741. The Morgan fingerprint density at radius 2 is 1.98 bits per heavy atom. The van der Waals surface area contributed by atoms with Crippen LogP contribution in [0.4, 0.5) is 11.5 Å². The number of morpholine rings is 1. The van der Waals surface area contributed by atoms with Crippen LogP contribution < -0.4 is 10.1 Å². The third-order valence-corrected chi connectivity index (χ3v) is 9.32. The molecule has 0 radical (unpaired) electrons. The molecule has 2 fully saturated rings. The number of piperidine rings is 1. The Bertz CT molecular complexity index is 1660. The summed E-state index contributed by atoms with van der Waals surface area (Å²) in [6, 6.07) is 16.3. The number of likely N-dealkylation sites (tertiary alicyclic amines) is 1. The van der Waals surface area contributed by atoms with E-state index in [1.807, 2.05) is 42.6 Å². The summed E-state index contributed by atoms with van der Waals surface area (Å²) in [5.41, 5.74) is 5.98. The number of aromatic nitrogens is 2. The van der Waals surface area contributed by atoms with E-state index in [2.05, 4.69) is 39.2 Å². The third-order valence-electron chi connectivity index (χ3n) is 9.01. The maximum Gasteiger partial charge on any atom is 0.304 e. The van der Waals surface area contributed by atoms with Gasteiger partial charge >= 0.3 is 5.97 Å². The fourth-order valence-electron chi connectivity index (χ4n) is 6.51. The van der Waals surface area contributed by atoms with Crippen molar-refractivity contribution in [2.45, 2.75) is 51.6 Å². The van der Waals surface area contributed by atoms with Gasteiger partial charge in [-0.05, 0) is 85.3 Å². The highest BCUT2D eigenvalue weighted by Crippen LogP contribution is 2.36. The molecule has 0 saturated carbocycles. The van der Waals surface area contributed by atoms with Gasteiger partial charge in [0, 0.05) is 55.7 Å². The van der Waals surface area contributed by atoms with Gasteiger partial charge in [-0.3, -0.25) is 19.6 Å². The Balaban J connectivity index is 1.15. The first-order valence-corrected chi connectivity index (χ1v) is 16.6. The van der Waals surface area contributed by atoms with Crippen LogP contribution in [-0.2, 0) is 16.1 Å². The number of hydrogen-bond acceptors (Lipinski definition) is 8. The highest BCUT2D eigenvalue weighted by Gasteiger charge is 2.25. The molecule has 2 aromatic heterocycles. The zero-order valence-corrected chi connectivity index (χ0v) is 27.1. The summed E-state index contributed by atoms with van der Waals surface area (Å²) >= 11 is 6.53. The van der Waals surface area contributed by atoms with Gasteiger partial charge in [0.1, 0.15) is 11.3 Å². The Kier molecular flexibility index (Phi) is 10.7. The fourth-order valence-corrected chi connectivity index (χ4v) is 6.68. The molecule has 0 amide bonds. The van der Waals surface area contributed by atoms with Crippen molar-refractivity contribution in [3.8, 4) is 16.9 Å². The number of hydrogen-bond donors (Lipinski definition) is 2. The summed E-state index contributed by atoms with van der Waals surface area (Å²) in [4.78, 5) is 25.6. The molecular weight excluding hydrogens is 602 g/mol. The second-order valence-electron chi connectivity index (χ2n) is 12.2. The lowest BCUT2D eigenvalue weighted by Gasteiger charge is -2.34. The molecule has 0 aliphatic carbocycles. The fraction of sp³-hybridized carbons (Fsp3) is 0.417. The van der Waals surface area contributed by atoms with Gasteiger partial charge in [0.05, 0.1) is 31.3 Å². The lowest BCUT2D eigenvalue weighted by Crippen LogP contribution is -2.40. The van der Waals surface area contributed by atoms with Crippen LogP contribution in [-0.4, -0.2) is 82.9 Å². The molecule has 2 N–H and O–H groups in total. The normalized spacial score (nSPS) is 17.7. The number of aliphatic carboxylic acids is 1. The van der Waals surface area contributed by atoms with Gasteiger partial charge in [0.15, 0.2) is 5.82 Å². The van der Waals surface area contributed by atoms with Crippen LogP contribution in [0.2, 0.25) is 5.02 Å². The molecule has 4 aromatic rings. The Morgan fingerprint density at radius 1 is 1.11 bits per heavy atom. The first-order chi connectivity index (χ1) is 22.4. The van der Waals surface area contributed by atoms with E-state index in [1.165, 1.54) is 0 Å². The van der Waals surface area contributed by atoms with Gasteiger partial charge in [-0.25, -0.2) is 4.98 Å². The van der Waals surface area contributed by atoms with Crippen molar-refractivity contribution < 1.29 is 19.4 Å². The molecule has 2 aliphatic rings. The topological polar surface area (TPSA) is 100 Å². The number of carboxylic acid groups (broad SMARTS) is 1. The number of nitrogens with one attached hydrogen (secondary N) is 1. The summed E-state index contributed by atoms with van der Waals surface area (Å²) in [5.74, 6) is 0.634. The number of ether oxygens (including phenoxy) is 2. The number of rotatable bonds is 12. The first-order valence-electron chi connectivity index (χ1n) is 16.2. The molecule has 2 aliphatic heterocycles. The maximum absolute atomic E-state index is 11.4. The number of benzene rings is 2. The van der Waals surface area contributed by atoms with E-state index < -0.39 is 5.97 Å². The standard InChI is InChI=1S/C36H42ClN5O4/c1-25-30(27-9-10-31(37)33(21-27)46-17-5-13-41-15-18-45-19-16-41)7-4-8-32(25)40-36-35-28(11-12-38-36)20-26(23-39-35)24-42-14-3-2-6-29(42)22-34(43)44/h4,7-12,20-21,23,29H,2-3,5-6,13-19,22,24H2,1H3,(H,38,40)(H,43,44). The van der Waals surface area contributed by atoms with E-state index >= 15 is 0 Å². The predicted molar refractivity (Wildman–Crippen MR) is 182 cm³/mol. The van der Waals surface area contributed by atoms with Crippen molar-refractivity contribution in [1.82, 2.24) is 19.8 Å². The summed E-state index contributed by atoms with van der Waals surface area (Å²) in [6.45, 7) is 8.82. The SMILES string of the molecule is Cc1c(Nc2nccc3cc(CN4CCCCC4CC(=O)O)cnc23)cccc1-c1ccc(Cl)c(OCCCN2CCOCC2)c1. The van der Waals surface area contributed by atoms with E-state index in [-0.39, 0.29) is 12.5 Å². The van der Waals surface area contributed by atoms with Crippen LogP contribution in [0.25, 0.3) is 22.0 Å². The lowest BCUT2D eigenvalue weighted by molar-refractivity contribution is -0.138. The first kappa shape index (κ1) is 32.2. The molecular formula is C36H42ClN5O4. The van der Waals surface area contributed by atoms with E-state index in [4.69, 9.17) is 26.1 Å². The molecule has 46 heavy (non-hydrogen) atoms. The Morgan fingerprint density at radius 3 is 2.83 bits per heavy atom. The largest absolute Gasteiger partial charge is 0.492 e. The van der Waals surface area contributed by atoms with Crippen molar-refractivity contribution in [3.05, 3.63) is 77.1 Å². The van der Waals surface area contributed by atoms with Crippen molar-refractivity contribution in [1.29, 1.82) is 0 Å². The average Bonchev–Trinajstić information content (AvgIpc) is 3.06. The number of carboxylic acids is 1. The monoisotopic (exact) mass is 643 g/mol. The number of halogens is 1. The predicted octanol–water partition coefficient (Wildman–Crippen LogP) is 6.93. The summed E-state index contributed by atoms with van der Waals surface area (Å²) in [7, 11) is 0. The minimum Gasteiger partial charge on any atom is -0.492 e. The average molecular weight is 644 g/mol. The molecule has 2 aromatic carbocycles.